The van der Waals surface area contributed by atoms with Crippen LogP contribution < -0.4 is 10.5 Å². The summed E-state index contributed by atoms with van der Waals surface area (Å²) in [5.41, 5.74) is 9.88. The van der Waals surface area contributed by atoms with Crippen molar-refractivity contribution < 1.29 is 19.7 Å². The molecule has 176 valence electrons. The van der Waals surface area contributed by atoms with E-state index in [1.54, 1.807) is 6.07 Å². The second-order valence-electron chi connectivity index (χ2n) is 10.6. The van der Waals surface area contributed by atoms with Gasteiger partial charge in [-0.15, -0.1) is 0 Å². The minimum absolute atomic E-state index is 0.0262. The van der Waals surface area contributed by atoms with Gasteiger partial charge < -0.3 is 20.7 Å². The third-order valence-electron chi connectivity index (χ3n) is 8.88. The second-order valence-corrected chi connectivity index (χ2v) is 10.6. The summed E-state index contributed by atoms with van der Waals surface area (Å²) in [6.45, 7) is 2.66. The van der Waals surface area contributed by atoms with Crippen molar-refractivity contribution in [2.24, 2.45) is 28.9 Å². The Labute approximate surface area is 196 Å². The van der Waals surface area contributed by atoms with Gasteiger partial charge in [0.25, 0.3) is 0 Å². The van der Waals surface area contributed by atoms with Crippen molar-refractivity contribution in [1.29, 1.82) is 0 Å². The molecular formula is C28H35NO4. The van der Waals surface area contributed by atoms with E-state index in [4.69, 9.17) is 15.6 Å². The number of hydrogen-bond donors (Lipinski definition) is 3. The summed E-state index contributed by atoms with van der Waals surface area (Å²) in [4.78, 5) is 11.6. The molecule has 5 nitrogen and oxygen atoms in total. The number of benzene rings is 2. The van der Waals surface area contributed by atoms with Gasteiger partial charge in [0.1, 0.15) is 12.4 Å². The topological polar surface area (TPSA) is 92.8 Å². The molecule has 0 bridgehead atoms. The molecule has 6 atom stereocenters. The summed E-state index contributed by atoms with van der Waals surface area (Å²) < 4.78 is 5.64. The molecular weight excluding hydrogens is 414 g/mol. The Morgan fingerprint density at radius 1 is 1.21 bits per heavy atom. The van der Waals surface area contributed by atoms with Crippen molar-refractivity contribution in [3.05, 3.63) is 64.7 Å². The fraction of sp³-hybridized carbons (Fsp3) is 0.536. The zero-order valence-corrected chi connectivity index (χ0v) is 19.4. The minimum atomic E-state index is -0.405. The van der Waals surface area contributed by atoms with Gasteiger partial charge in [-0.05, 0) is 109 Å². The number of primary amides is 1. The van der Waals surface area contributed by atoms with Crippen molar-refractivity contribution >= 4 is 5.91 Å². The summed E-state index contributed by atoms with van der Waals surface area (Å²) in [6, 6.07) is 14.0. The minimum Gasteiger partial charge on any atom is -0.491 e. The van der Waals surface area contributed by atoms with Gasteiger partial charge in [0.05, 0.1) is 12.7 Å². The molecule has 0 heterocycles. The summed E-state index contributed by atoms with van der Waals surface area (Å²) in [5, 5.41) is 20.5. The van der Waals surface area contributed by atoms with Crippen LogP contribution in [0.5, 0.6) is 5.75 Å². The van der Waals surface area contributed by atoms with Gasteiger partial charge in [0.2, 0.25) is 5.91 Å². The van der Waals surface area contributed by atoms with E-state index >= 15 is 0 Å². The molecule has 2 saturated carbocycles. The fourth-order valence-corrected chi connectivity index (χ4v) is 7.31. The second kappa shape index (κ2) is 8.77. The third-order valence-corrected chi connectivity index (χ3v) is 8.88. The van der Waals surface area contributed by atoms with Gasteiger partial charge in [-0.2, -0.15) is 0 Å². The maximum atomic E-state index is 11.6. The van der Waals surface area contributed by atoms with Gasteiger partial charge in [-0.3, -0.25) is 4.79 Å². The first kappa shape index (κ1) is 22.4. The Balaban J connectivity index is 1.36. The quantitative estimate of drug-likeness (QED) is 0.625. The largest absolute Gasteiger partial charge is 0.491 e. The molecule has 2 aromatic rings. The SMILES string of the molecule is C[C@]12CCC3c4ccc(OCCO)cc4CCC3C1C[C@H](Cc1cccc(C(N)=O)c1)[C@@H]2O. The Kier molecular flexibility index (Phi) is 5.96. The highest BCUT2D eigenvalue weighted by Gasteiger charge is 2.57. The molecule has 1 amide bonds. The number of fused-ring (bicyclic) bond motifs is 5. The number of carbonyl (C=O) groups is 1. The van der Waals surface area contributed by atoms with Crippen LogP contribution in [0, 0.1) is 23.2 Å². The Bertz CT molecular complexity index is 1040. The summed E-state index contributed by atoms with van der Waals surface area (Å²) in [5.74, 6) is 2.29. The number of hydrogen-bond acceptors (Lipinski definition) is 4. The van der Waals surface area contributed by atoms with E-state index in [1.165, 1.54) is 11.1 Å². The Morgan fingerprint density at radius 2 is 2.06 bits per heavy atom. The van der Waals surface area contributed by atoms with Crippen molar-refractivity contribution in [2.75, 3.05) is 13.2 Å². The molecule has 5 rings (SSSR count). The molecule has 3 aliphatic carbocycles. The molecule has 33 heavy (non-hydrogen) atoms. The van der Waals surface area contributed by atoms with E-state index < -0.39 is 5.91 Å². The third kappa shape index (κ3) is 3.95. The molecule has 2 fully saturated rings. The molecule has 0 aromatic heterocycles. The van der Waals surface area contributed by atoms with Crippen LogP contribution in [0.2, 0.25) is 0 Å². The average molecular weight is 450 g/mol. The molecule has 3 aliphatic rings. The molecule has 0 radical (unpaired) electrons. The summed E-state index contributed by atoms with van der Waals surface area (Å²) in [7, 11) is 0. The number of amides is 1. The van der Waals surface area contributed by atoms with Crippen molar-refractivity contribution in [2.45, 2.75) is 57.5 Å². The lowest BCUT2D eigenvalue weighted by Crippen LogP contribution is -2.44. The standard InChI is InChI=1S/C28H35NO4/c1-28-10-9-23-22-8-6-21(33-12-11-30)15-18(22)5-7-24(23)25(28)16-20(26(28)31)14-17-3-2-4-19(13-17)27(29)32/h2-4,6,8,13,15,20,23-26,30-31H,5,7,9-12,14,16H2,1H3,(H2,29,32)/t20-,23?,24?,25?,26-,28-/m0/s1. The monoisotopic (exact) mass is 449 g/mol. The predicted octanol–water partition coefficient (Wildman–Crippen LogP) is 3.84. The van der Waals surface area contributed by atoms with Gasteiger partial charge in [-0.25, -0.2) is 0 Å². The van der Waals surface area contributed by atoms with Crippen LogP contribution >= 0.6 is 0 Å². The summed E-state index contributed by atoms with van der Waals surface area (Å²) in [6.07, 6.45) is 5.85. The van der Waals surface area contributed by atoms with Crippen LogP contribution in [-0.4, -0.2) is 35.4 Å². The number of aliphatic hydroxyl groups is 2. The molecule has 0 spiro atoms. The van der Waals surface area contributed by atoms with E-state index in [0.29, 0.717) is 29.9 Å². The van der Waals surface area contributed by atoms with Crippen molar-refractivity contribution in [1.82, 2.24) is 0 Å². The van der Waals surface area contributed by atoms with Crippen LogP contribution in [0.1, 0.15) is 65.6 Å². The normalized spacial score (nSPS) is 32.5. The molecule has 0 saturated heterocycles. The smallest absolute Gasteiger partial charge is 0.248 e. The average Bonchev–Trinajstić information content (AvgIpc) is 3.07. The number of carbonyl (C=O) groups excluding carboxylic acids is 1. The highest BCUT2D eigenvalue weighted by molar-refractivity contribution is 5.92. The zero-order chi connectivity index (χ0) is 23.2. The van der Waals surface area contributed by atoms with Crippen molar-refractivity contribution in [3.8, 4) is 5.75 Å². The van der Waals surface area contributed by atoms with E-state index in [1.807, 2.05) is 24.3 Å². The van der Waals surface area contributed by atoms with Crippen molar-refractivity contribution in [3.63, 3.8) is 0 Å². The molecule has 0 aliphatic heterocycles. The zero-order valence-electron chi connectivity index (χ0n) is 19.4. The van der Waals surface area contributed by atoms with E-state index in [-0.39, 0.29) is 24.0 Å². The molecule has 4 N–H and O–H groups in total. The fourth-order valence-electron chi connectivity index (χ4n) is 7.31. The van der Waals surface area contributed by atoms with Gasteiger partial charge in [-0.1, -0.05) is 25.1 Å². The maximum absolute atomic E-state index is 11.6. The lowest BCUT2D eigenvalue weighted by molar-refractivity contribution is -0.0325. The highest BCUT2D eigenvalue weighted by atomic mass is 16.5. The number of ether oxygens (including phenoxy) is 1. The van der Waals surface area contributed by atoms with Crippen LogP contribution in [0.3, 0.4) is 0 Å². The first-order chi connectivity index (χ1) is 15.9. The van der Waals surface area contributed by atoms with Crippen LogP contribution in [0.25, 0.3) is 0 Å². The summed E-state index contributed by atoms with van der Waals surface area (Å²) >= 11 is 0. The lowest BCUT2D eigenvalue weighted by Gasteiger charge is -2.50. The maximum Gasteiger partial charge on any atom is 0.248 e. The Morgan fingerprint density at radius 3 is 2.85 bits per heavy atom. The van der Waals surface area contributed by atoms with E-state index in [2.05, 4.69) is 19.1 Å². The lowest BCUT2D eigenvalue weighted by atomic mass is 9.55. The number of rotatable bonds is 6. The molecule has 5 heteroatoms. The number of nitrogens with two attached hydrogens (primary N) is 1. The van der Waals surface area contributed by atoms with Crippen LogP contribution in [0.15, 0.2) is 42.5 Å². The molecule has 3 unspecified atom stereocenters. The molecule has 2 aromatic carbocycles. The number of aliphatic hydroxyl groups excluding tert-OH is 2. The van der Waals surface area contributed by atoms with E-state index in [0.717, 1.165) is 49.8 Å². The van der Waals surface area contributed by atoms with Crippen LogP contribution in [0.4, 0.5) is 0 Å². The van der Waals surface area contributed by atoms with Crippen LogP contribution in [-0.2, 0) is 12.8 Å². The van der Waals surface area contributed by atoms with Gasteiger partial charge in [0.15, 0.2) is 0 Å². The highest BCUT2D eigenvalue weighted by Crippen LogP contribution is 2.62. The Hall–Kier alpha value is -2.37. The van der Waals surface area contributed by atoms with Gasteiger partial charge >= 0.3 is 0 Å². The number of aryl methyl sites for hydroxylation is 1. The first-order valence-electron chi connectivity index (χ1n) is 12.3. The van der Waals surface area contributed by atoms with Gasteiger partial charge in [0, 0.05) is 5.56 Å². The first-order valence-corrected chi connectivity index (χ1v) is 12.3. The van der Waals surface area contributed by atoms with E-state index in [9.17, 15) is 9.90 Å². The predicted molar refractivity (Wildman–Crippen MR) is 127 cm³/mol.